The van der Waals surface area contributed by atoms with Crippen LogP contribution in [0.4, 0.5) is 0 Å². The molecule has 0 radical (unpaired) electrons. The maximum absolute atomic E-state index is 2.52. The summed E-state index contributed by atoms with van der Waals surface area (Å²) in [7, 11) is 0.705. The Hall–Kier alpha value is 0.350. The van der Waals surface area contributed by atoms with Crippen LogP contribution < -0.4 is 0 Å². The lowest BCUT2D eigenvalue weighted by atomic mass is 10.1. The molecule has 0 bridgehead atoms. The highest BCUT2D eigenvalue weighted by Crippen LogP contribution is 2.13. The molecule has 0 N–H and O–H groups in total. The summed E-state index contributed by atoms with van der Waals surface area (Å²) in [5.74, 6) is 3.02. The molecule has 0 atom stereocenters. The molecule has 0 aromatic heterocycles. The van der Waals surface area contributed by atoms with Crippen LogP contribution in [0, 0.1) is 0 Å². The van der Waals surface area contributed by atoms with E-state index in [0.717, 1.165) is 0 Å². The van der Waals surface area contributed by atoms with E-state index >= 15 is 0 Å². The van der Waals surface area contributed by atoms with Crippen LogP contribution in [0.15, 0.2) is 0 Å². The first-order chi connectivity index (χ1) is 12.8. The Morgan fingerprint density at radius 1 is 0.346 bits per heavy atom. The van der Waals surface area contributed by atoms with Gasteiger partial charge in [0.05, 0.1) is 6.26 Å². The summed E-state index contributed by atoms with van der Waals surface area (Å²) >= 11 is 0. The summed E-state index contributed by atoms with van der Waals surface area (Å²) in [6.45, 7) is 4.61. The van der Waals surface area contributed by atoms with Gasteiger partial charge in [0, 0.05) is 0 Å². The molecule has 1 heteroatoms. The van der Waals surface area contributed by atoms with E-state index in [4.69, 9.17) is 0 Å². The van der Waals surface area contributed by atoms with Crippen LogP contribution in [0.5, 0.6) is 0 Å². The van der Waals surface area contributed by atoms with Crippen LogP contribution >= 0.6 is 0 Å². The third kappa shape index (κ3) is 22.4. The first-order valence-electron chi connectivity index (χ1n) is 12.4. The Kier molecular flexibility index (Phi) is 23.7. The molecule has 0 rings (SSSR count). The number of hydrogen-bond acceptors (Lipinski definition) is 0. The predicted octanol–water partition coefficient (Wildman–Crippen LogP) is 9.08. The summed E-state index contributed by atoms with van der Waals surface area (Å²) in [6.07, 6.45) is 31.9. The van der Waals surface area contributed by atoms with Crippen molar-refractivity contribution in [3.8, 4) is 0 Å². The van der Waals surface area contributed by atoms with E-state index in [9.17, 15) is 0 Å². The maximum Gasteiger partial charge on any atom is 0.107 e. The molecule has 0 amide bonds. The summed E-state index contributed by atoms with van der Waals surface area (Å²) in [5, 5.41) is 0. The monoisotopic (exact) mass is 385 g/mol. The van der Waals surface area contributed by atoms with E-state index < -0.39 is 0 Å². The molecule has 0 fully saturated rings. The first kappa shape index (κ1) is 26.4. The van der Waals surface area contributed by atoms with Crippen molar-refractivity contribution in [2.24, 2.45) is 0 Å². The van der Waals surface area contributed by atoms with Crippen LogP contribution in [0.2, 0.25) is 0 Å². The second kappa shape index (κ2) is 23.4. The van der Waals surface area contributed by atoms with Gasteiger partial charge in [0.1, 0.15) is 11.5 Å². The zero-order chi connectivity index (χ0) is 19.1. The Balaban J connectivity index is 3.12. The van der Waals surface area contributed by atoms with Crippen molar-refractivity contribution in [1.29, 1.82) is 0 Å². The van der Waals surface area contributed by atoms with E-state index in [1.165, 1.54) is 140 Å². The van der Waals surface area contributed by atoms with Gasteiger partial charge in [0.15, 0.2) is 0 Å². The highest BCUT2D eigenvalue weighted by Gasteiger charge is 2.09. The molecule has 0 aromatic rings. The molecule has 0 heterocycles. The lowest BCUT2D eigenvalue weighted by molar-refractivity contribution is 0.561. The van der Waals surface area contributed by atoms with Crippen molar-refractivity contribution in [3.63, 3.8) is 0 Å². The standard InChI is InChI=1S/C25H53S/c1-4-6-8-10-12-14-16-18-20-22-24-26(3)25-23-21-19-17-15-13-11-9-7-5-2/h4-25H2,1-3H3/q+1. The van der Waals surface area contributed by atoms with Crippen molar-refractivity contribution in [2.75, 3.05) is 17.8 Å². The van der Waals surface area contributed by atoms with Crippen molar-refractivity contribution in [1.82, 2.24) is 0 Å². The molecule has 158 valence electrons. The number of unbranched alkanes of at least 4 members (excludes halogenated alkanes) is 18. The van der Waals surface area contributed by atoms with Gasteiger partial charge in [-0.1, -0.05) is 117 Å². The van der Waals surface area contributed by atoms with Gasteiger partial charge in [0.2, 0.25) is 0 Å². The molecule has 0 aliphatic heterocycles. The van der Waals surface area contributed by atoms with Gasteiger partial charge >= 0.3 is 0 Å². The largest absolute Gasteiger partial charge is 0.107 e. The quantitative estimate of drug-likeness (QED) is 0.129. The van der Waals surface area contributed by atoms with Gasteiger partial charge in [0.25, 0.3) is 0 Å². The van der Waals surface area contributed by atoms with Gasteiger partial charge in [-0.25, -0.2) is 0 Å². The van der Waals surface area contributed by atoms with E-state index in [0.29, 0.717) is 10.9 Å². The number of rotatable bonds is 22. The second-order valence-electron chi connectivity index (χ2n) is 8.55. The normalized spacial score (nSPS) is 11.5. The lowest BCUT2D eigenvalue weighted by Gasteiger charge is -2.05. The van der Waals surface area contributed by atoms with Crippen molar-refractivity contribution in [2.45, 2.75) is 142 Å². The Labute approximate surface area is 171 Å². The average molecular weight is 386 g/mol. The summed E-state index contributed by atoms with van der Waals surface area (Å²) in [4.78, 5) is 0. The third-order valence-electron chi connectivity index (χ3n) is 5.69. The minimum atomic E-state index is 0.705. The number of hydrogen-bond donors (Lipinski definition) is 0. The molecular weight excluding hydrogens is 332 g/mol. The fourth-order valence-electron chi connectivity index (χ4n) is 3.77. The fourth-order valence-corrected chi connectivity index (χ4v) is 5.37. The van der Waals surface area contributed by atoms with Gasteiger partial charge in [-0.2, -0.15) is 0 Å². The molecule has 0 aromatic carbocycles. The van der Waals surface area contributed by atoms with Gasteiger partial charge in [-0.3, -0.25) is 0 Å². The smallest absolute Gasteiger partial charge is 0.0654 e. The van der Waals surface area contributed by atoms with Gasteiger partial charge < -0.3 is 0 Å². The molecule has 0 aliphatic rings. The summed E-state index contributed by atoms with van der Waals surface area (Å²) in [5.41, 5.74) is 0. The molecule has 0 saturated carbocycles. The van der Waals surface area contributed by atoms with Gasteiger partial charge in [-0.05, 0) is 36.6 Å². The van der Waals surface area contributed by atoms with E-state index in [2.05, 4.69) is 20.1 Å². The predicted molar refractivity (Wildman–Crippen MR) is 127 cm³/mol. The molecule has 0 nitrogen and oxygen atoms in total. The maximum atomic E-state index is 2.52. The third-order valence-corrected chi connectivity index (χ3v) is 7.66. The molecule has 0 spiro atoms. The highest BCUT2D eigenvalue weighted by atomic mass is 32.2. The summed E-state index contributed by atoms with van der Waals surface area (Å²) in [6, 6.07) is 0. The molecule has 0 aliphatic carbocycles. The highest BCUT2D eigenvalue weighted by molar-refractivity contribution is 7.96. The molecule has 0 unspecified atom stereocenters. The lowest BCUT2D eigenvalue weighted by Crippen LogP contribution is -2.10. The van der Waals surface area contributed by atoms with Crippen molar-refractivity contribution in [3.05, 3.63) is 0 Å². The SMILES string of the molecule is CCCCCCCCCCCC[S+](C)CCCCCCCCCCCC. The van der Waals surface area contributed by atoms with Crippen LogP contribution in [0.25, 0.3) is 0 Å². The topological polar surface area (TPSA) is 0 Å². The van der Waals surface area contributed by atoms with E-state index in [1.807, 2.05) is 0 Å². The average Bonchev–Trinajstić information content (AvgIpc) is 2.64. The van der Waals surface area contributed by atoms with Crippen LogP contribution in [0.1, 0.15) is 142 Å². The Morgan fingerprint density at radius 2 is 0.577 bits per heavy atom. The van der Waals surface area contributed by atoms with Crippen LogP contribution in [-0.2, 0) is 10.9 Å². The molecule has 26 heavy (non-hydrogen) atoms. The molecule has 0 saturated heterocycles. The minimum absolute atomic E-state index is 0.705. The zero-order valence-corrected chi connectivity index (χ0v) is 19.8. The van der Waals surface area contributed by atoms with Gasteiger partial charge in [-0.15, -0.1) is 0 Å². The molecular formula is C25H53S+. The van der Waals surface area contributed by atoms with E-state index in [-0.39, 0.29) is 0 Å². The minimum Gasteiger partial charge on any atom is -0.0654 e. The Morgan fingerprint density at radius 3 is 0.846 bits per heavy atom. The fraction of sp³-hybridized carbons (Fsp3) is 1.00. The van der Waals surface area contributed by atoms with Crippen molar-refractivity contribution >= 4 is 10.9 Å². The van der Waals surface area contributed by atoms with Crippen LogP contribution in [-0.4, -0.2) is 17.8 Å². The Bertz CT molecular complexity index is 214. The van der Waals surface area contributed by atoms with Crippen molar-refractivity contribution < 1.29 is 0 Å². The van der Waals surface area contributed by atoms with Crippen LogP contribution in [0.3, 0.4) is 0 Å². The van der Waals surface area contributed by atoms with E-state index in [1.54, 1.807) is 0 Å². The summed E-state index contributed by atoms with van der Waals surface area (Å²) < 4.78 is 0. The first-order valence-corrected chi connectivity index (χ1v) is 14.4. The zero-order valence-electron chi connectivity index (χ0n) is 19.0. The second-order valence-corrected chi connectivity index (χ2v) is 10.9.